The Balaban J connectivity index is 1.69. The molecule has 1 aromatic carbocycles. The van der Waals surface area contributed by atoms with Gasteiger partial charge in [0.25, 0.3) is 5.91 Å². The number of sulfonamides is 1. The van der Waals surface area contributed by atoms with E-state index in [1.807, 2.05) is 25.1 Å². The maximum Gasteiger partial charge on any atom is 0.260 e. The maximum absolute atomic E-state index is 12.6. The summed E-state index contributed by atoms with van der Waals surface area (Å²) in [7, 11) is -3.51. The Morgan fingerprint density at radius 3 is 2.71 bits per heavy atom. The van der Waals surface area contributed by atoms with Crippen molar-refractivity contribution in [3.8, 4) is 5.75 Å². The summed E-state index contributed by atoms with van der Waals surface area (Å²) in [5, 5.41) is 3.76. The maximum atomic E-state index is 12.6. The molecular formula is C18H24N4O5S. The number of benzene rings is 1. The zero-order valence-electron chi connectivity index (χ0n) is 16.2. The lowest BCUT2D eigenvalue weighted by Crippen LogP contribution is -2.39. The molecule has 1 aromatic heterocycles. The highest BCUT2D eigenvalue weighted by Crippen LogP contribution is 2.28. The molecule has 1 unspecified atom stereocenters. The Morgan fingerprint density at radius 2 is 2.07 bits per heavy atom. The average molecular weight is 408 g/mol. The van der Waals surface area contributed by atoms with Crippen molar-refractivity contribution >= 4 is 15.9 Å². The van der Waals surface area contributed by atoms with Gasteiger partial charge in [0.2, 0.25) is 15.9 Å². The zero-order chi connectivity index (χ0) is 20.3. The summed E-state index contributed by atoms with van der Waals surface area (Å²) in [5.41, 5.74) is 1.04. The smallest absolute Gasteiger partial charge is 0.260 e. The largest absolute Gasteiger partial charge is 0.484 e. The van der Waals surface area contributed by atoms with Crippen molar-refractivity contribution in [1.82, 2.24) is 19.3 Å². The van der Waals surface area contributed by atoms with Crippen LogP contribution in [-0.4, -0.2) is 66.2 Å². The van der Waals surface area contributed by atoms with E-state index >= 15 is 0 Å². The van der Waals surface area contributed by atoms with Crippen LogP contribution >= 0.6 is 0 Å². The number of carbonyl (C=O) groups excluding carboxylic acids is 1. The fraction of sp³-hybridized carbons (Fsp3) is 0.500. The molecular weight excluding hydrogens is 384 g/mol. The van der Waals surface area contributed by atoms with Crippen molar-refractivity contribution in [2.24, 2.45) is 0 Å². The van der Waals surface area contributed by atoms with Crippen LogP contribution in [0.3, 0.4) is 0 Å². The summed E-state index contributed by atoms with van der Waals surface area (Å²) in [4.78, 5) is 18.4. The van der Waals surface area contributed by atoms with E-state index in [4.69, 9.17) is 9.26 Å². The third-order valence-electron chi connectivity index (χ3n) is 4.57. The van der Waals surface area contributed by atoms with E-state index in [0.29, 0.717) is 24.5 Å². The molecule has 1 aliphatic rings. The van der Waals surface area contributed by atoms with Crippen molar-refractivity contribution in [3.63, 3.8) is 0 Å². The second-order valence-corrected chi connectivity index (χ2v) is 8.78. The molecule has 2 heterocycles. The normalized spacial score (nSPS) is 18.7. The number of rotatable bonds is 5. The molecule has 0 saturated carbocycles. The Morgan fingerprint density at radius 1 is 1.29 bits per heavy atom. The van der Waals surface area contributed by atoms with Crippen molar-refractivity contribution in [3.05, 3.63) is 41.5 Å². The molecule has 0 radical (unpaired) electrons. The molecule has 9 nitrogen and oxygen atoms in total. The molecule has 1 atom stereocenters. The number of carbonyl (C=O) groups is 1. The molecule has 152 valence electrons. The van der Waals surface area contributed by atoms with Crippen molar-refractivity contribution in [1.29, 1.82) is 0 Å². The molecule has 1 amide bonds. The first-order valence-corrected chi connectivity index (χ1v) is 10.8. The SMILES string of the molecule is Cc1cccc(OCC(=O)N2CCC(c3nc(C)no3)N(S(C)(=O)=O)CC2)c1. The molecule has 3 rings (SSSR count). The van der Waals surface area contributed by atoms with E-state index in [2.05, 4.69) is 10.1 Å². The lowest BCUT2D eigenvalue weighted by Gasteiger charge is -2.24. The molecule has 28 heavy (non-hydrogen) atoms. The topological polar surface area (TPSA) is 106 Å². The minimum Gasteiger partial charge on any atom is -0.484 e. The van der Waals surface area contributed by atoms with E-state index in [-0.39, 0.29) is 31.5 Å². The van der Waals surface area contributed by atoms with Crippen LogP contribution in [0.25, 0.3) is 0 Å². The summed E-state index contributed by atoms with van der Waals surface area (Å²) < 4.78 is 36.6. The van der Waals surface area contributed by atoms with E-state index < -0.39 is 16.1 Å². The highest BCUT2D eigenvalue weighted by atomic mass is 32.2. The number of amides is 1. The first-order chi connectivity index (χ1) is 13.2. The van der Waals surface area contributed by atoms with Gasteiger partial charge < -0.3 is 14.2 Å². The van der Waals surface area contributed by atoms with Crippen LogP contribution in [0.4, 0.5) is 0 Å². The second kappa shape index (κ2) is 8.27. The van der Waals surface area contributed by atoms with Crippen LogP contribution in [0.5, 0.6) is 5.75 Å². The lowest BCUT2D eigenvalue weighted by molar-refractivity contribution is -0.133. The van der Waals surface area contributed by atoms with Gasteiger partial charge in [0.15, 0.2) is 12.4 Å². The van der Waals surface area contributed by atoms with Crippen LogP contribution in [0, 0.1) is 13.8 Å². The van der Waals surface area contributed by atoms with Crippen LogP contribution in [0.1, 0.15) is 29.7 Å². The monoisotopic (exact) mass is 408 g/mol. The van der Waals surface area contributed by atoms with Crippen molar-refractivity contribution < 1.29 is 22.5 Å². The number of aromatic nitrogens is 2. The number of aryl methyl sites for hydroxylation is 2. The third kappa shape index (κ3) is 4.87. The quantitative estimate of drug-likeness (QED) is 0.734. The van der Waals surface area contributed by atoms with E-state index in [0.717, 1.165) is 11.8 Å². The predicted octanol–water partition coefficient (Wildman–Crippen LogP) is 1.30. The number of ether oxygens (including phenoxy) is 1. The summed E-state index contributed by atoms with van der Waals surface area (Å²) in [6, 6.07) is 6.87. The van der Waals surface area contributed by atoms with Gasteiger partial charge in [0.1, 0.15) is 11.8 Å². The van der Waals surface area contributed by atoms with Gasteiger partial charge in [-0.15, -0.1) is 0 Å². The molecule has 1 aliphatic heterocycles. The summed E-state index contributed by atoms with van der Waals surface area (Å²) in [6.07, 6.45) is 1.51. The first-order valence-electron chi connectivity index (χ1n) is 8.98. The van der Waals surface area contributed by atoms with Gasteiger partial charge in [0.05, 0.1) is 6.26 Å². The Hall–Kier alpha value is -2.46. The molecule has 1 saturated heterocycles. The summed E-state index contributed by atoms with van der Waals surface area (Å²) in [6.45, 7) is 4.31. The lowest BCUT2D eigenvalue weighted by atomic mass is 10.2. The minimum absolute atomic E-state index is 0.105. The van der Waals surface area contributed by atoms with Gasteiger partial charge in [-0.1, -0.05) is 17.3 Å². The van der Waals surface area contributed by atoms with Crippen LogP contribution in [-0.2, 0) is 14.8 Å². The Labute approximate surface area is 164 Å². The van der Waals surface area contributed by atoms with Gasteiger partial charge in [-0.3, -0.25) is 4.79 Å². The number of nitrogens with zero attached hydrogens (tertiary/aromatic N) is 4. The molecule has 2 aromatic rings. The van der Waals surface area contributed by atoms with Crippen LogP contribution < -0.4 is 4.74 Å². The average Bonchev–Trinajstić information content (AvgIpc) is 2.92. The van der Waals surface area contributed by atoms with Gasteiger partial charge >= 0.3 is 0 Å². The third-order valence-corrected chi connectivity index (χ3v) is 5.86. The van der Waals surface area contributed by atoms with E-state index in [1.165, 1.54) is 4.31 Å². The molecule has 1 fully saturated rings. The second-order valence-electron chi connectivity index (χ2n) is 6.84. The summed E-state index contributed by atoms with van der Waals surface area (Å²) in [5.74, 6) is 1.11. The van der Waals surface area contributed by atoms with Gasteiger partial charge in [-0.25, -0.2) is 8.42 Å². The highest BCUT2D eigenvalue weighted by Gasteiger charge is 2.35. The van der Waals surface area contributed by atoms with E-state index in [9.17, 15) is 13.2 Å². The Kier molecular flexibility index (Phi) is 5.99. The molecule has 0 aliphatic carbocycles. The first kappa shape index (κ1) is 20.3. The predicted molar refractivity (Wildman–Crippen MR) is 101 cm³/mol. The molecule has 0 N–H and O–H groups in total. The fourth-order valence-electron chi connectivity index (χ4n) is 3.19. The highest BCUT2D eigenvalue weighted by molar-refractivity contribution is 7.88. The van der Waals surface area contributed by atoms with Crippen LogP contribution in [0.2, 0.25) is 0 Å². The van der Waals surface area contributed by atoms with Crippen LogP contribution in [0.15, 0.2) is 28.8 Å². The van der Waals surface area contributed by atoms with Gasteiger partial charge in [-0.2, -0.15) is 9.29 Å². The molecule has 0 spiro atoms. The van der Waals surface area contributed by atoms with Gasteiger partial charge in [-0.05, 0) is 38.0 Å². The number of hydrogen-bond acceptors (Lipinski definition) is 7. The Bertz CT molecular complexity index is 943. The van der Waals surface area contributed by atoms with Gasteiger partial charge in [0, 0.05) is 19.6 Å². The molecule has 0 bridgehead atoms. The standard InChI is InChI=1S/C18H24N4O5S/c1-13-5-4-6-15(11-13)26-12-17(23)21-8-7-16(18-19-14(2)20-27-18)22(10-9-21)28(3,24)25/h4-6,11,16H,7-10,12H2,1-3H3. The number of hydrogen-bond donors (Lipinski definition) is 0. The molecule has 10 heteroatoms. The van der Waals surface area contributed by atoms with Crippen molar-refractivity contribution in [2.45, 2.75) is 26.3 Å². The fourth-order valence-corrected chi connectivity index (χ4v) is 4.26. The van der Waals surface area contributed by atoms with E-state index in [1.54, 1.807) is 17.9 Å². The summed E-state index contributed by atoms with van der Waals surface area (Å²) >= 11 is 0. The van der Waals surface area contributed by atoms with Crippen molar-refractivity contribution in [2.75, 3.05) is 32.5 Å². The minimum atomic E-state index is -3.51. The zero-order valence-corrected chi connectivity index (χ0v) is 17.0.